The topological polar surface area (TPSA) is 91.1 Å². The van der Waals surface area contributed by atoms with Crippen molar-refractivity contribution in [3.8, 4) is 0 Å². The summed E-state index contributed by atoms with van der Waals surface area (Å²) in [5, 5.41) is 19.4. The molecule has 1 saturated carbocycles. The summed E-state index contributed by atoms with van der Waals surface area (Å²) in [6.07, 6.45) is 7.80. The number of carbonyl (C=O) groups is 2. The van der Waals surface area contributed by atoms with Crippen LogP contribution in [0.2, 0.25) is 0 Å². The molecular weight excluding hydrogens is 278 g/mol. The minimum absolute atomic E-state index is 0.188. The third kappa shape index (κ3) is 4.63. The van der Waals surface area contributed by atoms with Gasteiger partial charge in [0.05, 0.1) is 6.42 Å². The number of carboxylic acids is 1. The molecule has 1 atom stereocenters. The number of carboxylic acid groups (broad SMARTS) is 1. The van der Waals surface area contributed by atoms with Gasteiger partial charge in [0.15, 0.2) is 5.17 Å². The molecular formula is C13H19N3O3S. The number of carbonyl (C=O) groups excluding carboxylic acids is 1. The van der Waals surface area contributed by atoms with Crippen LogP contribution in [0.4, 0.5) is 0 Å². The first-order chi connectivity index (χ1) is 9.65. The molecule has 0 spiro atoms. The lowest BCUT2D eigenvalue weighted by molar-refractivity contribution is -0.138. The summed E-state index contributed by atoms with van der Waals surface area (Å²) in [6.45, 7) is 0. The van der Waals surface area contributed by atoms with Crippen LogP contribution in [0.1, 0.15) is 51.4 Å². The lowest BCUT2D eigenvalue weighted by atomic mass is 9.99. The Labute approximate surface area is 122 Å². The van der Waals surface area contributed by atoms with Gasteiger partial charge in [-0.15, -0.1) is 5.10 Å². The molecule has 1 aliphatic carbocycles. The van der Waals surface area contributed by atoms with Gasteiger partial charge in [-0.3, -0.25) is 9.59 Å². The highest BCUT2D eigenvalue weighted by Gasteiger charge is 2.32. The molecule has 20 heavy (non-hydrogen) atoms. The zero-order valence-electron chi connectivity index (χ0n) is 11.3. The number of amides is 1. The molecule has 0 unspecified atom stereocenters. The smallest absolute Gasteiger partial charge is 0.305 e. The Bertz CT molecular complexity index is 438. The van der Waals surface area contributed by atoms with E-state index in [9.17, 15) is 9.59 Å². The first kappa shape index (κ1) is 15.0. The number of nitrogens with one attached hydrogen (secondary N) is 1. The molecule has 2 fully saturated rings. The number of thioether (sulfide) groups is 1. The Kier molecular flexibility index (Phi) is 5.58. The summed E-state index contributed by atoms with van der Waals surface area (Å²) >= 11 is 1.15. The molecule has 7 heteroatoms. The zero-order valence-corrected chi connectivity index (χ0v) is 12.1. The largest absolute Gasteiger partial charge is 0.481 e. The number of aliphatic carboxylic acids is 1. The maximum atomic E-state index is 11.5. The van der Waals surface area contributed by atoms with Gasteiger partial charge in [-0.2, -0.15) is 5.10 Å². The van der Waals surface area contributed by atoms with E-state index in [1.165, 1.54) is 19.3 Å². The van der Waals surface area contributed by atoms with E-state index in [2.05, 4.69) is 15.5 Å². The Morgan fingerprint density at radius 2 is 1.85 bits per heavy atom. The minimum Gasteiger partial charge on any atom is -0.481 e. The predicted octanol–water partition coefficient (Wildman–Crippen LogP) is 2.15. The van der Waals surface area contributed by atoms with Gasteiger partial charge in [-0.25, -0.2) is 0 Å². The molecule has 2 N–H and O–H groups in total. The molecule has 0 radical (unpaired) electrons. The molecule has 1 aliphatic heterocycles. The normalized spacial score (nSPS) is 26.0. The second-order valence-corrected chi connectivity index (χ2v) is 6.22. The van der Waals surface area contributed by atoms with Crippen molar-refractivity contribution in [3.63, 3.8) is 0 Å². The molecule has 110 valence electrons. The van der Waals surface area contributed by atoms with Crippen LogP contribution in [0.5, 0.6) is 0 Å². The van der Waals surface area contributed by atoms with Gasteiger partial charge >= 0.3 is 5.97 Å². The summed E-state index contributed by atoms with van der Waals surface area (Å²) in [6, 6.07) is 0. The lowest BCUT2D eigenvalue weighted by Crippen LogP contribution is -2.26. The average Bonchev–Trinajstić information content (AvgIpc) is 2.68. The van der Waals surface area contributed by atoms with E-state index < -0.39 is 11.2 Å². The SMILES string of the molecule is O=C(O)C[C@H]1S/C(=N\N=C2CCCCCCC2)NC1=O. The fraction of sp³-hybridized carbons (Fsp3) is 0.692. The third-order valence-electron chi connectivity index (χ3n) is 3.35. The number of hydrogen-bond acceptors (Lipinski definition) is 5. The van der Waals surface area contributed by atoms with Gasteiger partial charge in [-0.05, 0) is 25.7 Å². The van der Waals surface area contributed by atoms with E-state index in [-0.39, 0.29) is 12.3 Å². The summed E-state index contributed by atoms with van der Waals surface area (Å²) in [4.78, 5) is 22.2. The Balaban J connectivity index is 1.93. The van der Waals surface area contributed by atoms with E-state index in [0.717, 1.165) is 43.2 Å². The third-order valence-corrected chi connectivity index (χ3v) is 4.42. The zero-order chi connectivity index (χ0) is 14.4. The van der Waals surface area contributed by atoms with Crippen LogP contribution < -0.4 is 5.32 Å². The summed E-state index contributed by atoms with van der Waals surface area (Å²) in [5.41, 5.74) is 1.08. The van der Waals surface area contributed by atoms with Crippen molar-refractivity contribution >= 4 is 34.5 Å². The fourth-order valence-electron chi connectivity index (χ4n) is 2.27. The summed E-state index contributed by atoms with van der Waals surface area (Å²) in [7, 11) is 0. The highest BCUT2D eigenvalue weighted by molar-refractivity contribution is 8.15. The van der Waals surface area contributed by atoms with Crippen molar-refractivity contribution < 1.29 is 14.7 Å². The summed E-state index contributed by atoms with van der Waals surface area (Å²) < 4.78 is 0. The van der Waals surface area contributed by atoms with Crippen LogP contribution in [0.25, 0.3) is 0 Å². The standard InChI is InChI=1S/C13H19N3O3S/c17-11(18)8-10-12(19)14-13(20-10)16-15-9-6-4-2-1-3-5-7-9/h10H,1-8H2,(H,17,18)(H,14,16,19)/t10-/m1/s1. The lowest BCUT2D eigenvalue weighted by Gasteiger charge is -2.09. The van der Waals surface area contributed by atoms with E-state index in [4.69, 9.17) is 5.11 Å². The average molecular weight is 297 g/mol. The van der Waals surface area contributed by atoms with Crippen molar-refractivity contribution in [1.29, 1.82) is 0 Å². The molecule has 0 aromatic heterocycles. The number of rotatable bonds is 3. The van der Waals surface area contributed by atoms with E-state index in [1.807, 2.05) is 0 Å². The number of amidine groups is 1. The molecule has 0 aromatic rings. The highest BCUT2D eigenvalue weighted by atomic mass is 32.2. The van der Waals surface area contributed by atoms with Crippen LogP contribution in [0, 0.1) is 0 Å². The van der Waals surface area contributed by atoms with Gasteiger partial charge in [0, 0.05) is 5.71 Å². The van der Waals surface area contributed by atoms with Crippen LogP contribution in [-0.4, -0.2) is 33.1 Å². The Morgan fingerprint density at radius 3 is 2.50 bits per heavy atom. The van der Waals surface area contributed by atoms with E-state index in [1.54, 1.807) is 0 Å². The van der Waals surface area contributed by atoms with E-state index >= 15 is 0 Å². The molecule has 0 bridgehead atoms. The number of nitrogens with zero attached hydrogens (tertiary/aromatic N) is 2. The van der Waals surface area contributed by atoms with Crippen LogP contribution in [0.3, 0.4) is 0 Å². The first-order valence-electron chi connectivity index (χ1n) is 6.98. The monoisotopic (exact) mass is 297 g/mol. The number of hydrogen-bond donors (Lipinski definition) is 2. The van der Waals surface area contributed by atoms with Gasteiger partial charge in [-0.1, -0.05) is 31.0 Å². The molecule has 2 rings (SSSR count). The van der Waals surface area contributed by atoms with Gasteiger partial charge in [0.2, 0.25) is 5.91 Å². The Morgan fingerprint density at radius 1 is 1.20 bits per heavy atom. The maximum Gasteiger partial charge on any atom is 0.305 e. The predicted molar refractivity (Wildman–Crippen MR) is 79.0 cm³/mol. The van der Waals surface area contributed by atoms with Crippen molar-refractivity contribution in [3.05, 3.63) is 0 Å². The van der Waals surface area contributed by atoms with Crippen molar-refractivity contribution in [2.24, 2.45) is 10.2 Å². The highest BCUT2D eigenvalue weighted by Crippen LogP contribution is 2.22. The molecule has 1 heterocycles. The van der Waals surface area contributed by atoms with Gasteiger partial charge < -0.3 is 10.4 Å². The minimum atomic E-state index is -0.981. The fourth-order valence-corrected chi connectivity index (χ4v) is 3.18. The first-order valence-corrected chi connectivity index (χ1v) is 7.86. The van der Waals surface area contributed by atoms with Crippen molar-refractivity contribution in [2.45, 2.75) is 56.6 Å². The van der Waals surface area contributed by atoms with Crippen molar-refractivity contribution in [2.75, 3.05) is 0 Å². The Hall–Kier alpha value is -1.37. The second kappa shape index (κ2) is 7.42. The molecule has 1 saturated heterocycles. The van der Waals surface area contributed by atoms with Crippen LogP contribution in [0.15, 0.2) is 10.2 Å². The quantitative estimate of drug-likeness (QED) is 0.781. The molecule has 1 amide bonds. The van der Waals surface area contributed by atoms with E-state index in [0.29, 0.717) is 5.17 Å². The van der Waals surface area contributed by atoms with Crippen molar-refractivity contribution in [1.82, 2.24) is 5.32 Å². The summed E-state index contributed by atoms with van der Waals surface area (Å²) in [5.74, 6) is -1.28. The molecule has 2 aliphatic rings. The van der Waals surface area contributed by atoms with Crippen LogP contribution in [-0.2, 0) is 9.59 Å². The van der Waals surface area contributed by atoms with Gasteiger partial charge in [0.25, 0.3) is 0 Å². The maximum absolute atomic E-state index is 11.5. The second-order valence-electron chi connectivity index (χ2n) is 5.03. The van der Waals surface area contributed by atoms with Gasteiger partial charge in [0.1, 0.15) is 5.25 Å². The molecule has 6 nitrogen and oxygen atoms in total. The van der Waals surface area contributed by atoms with Crippen LogP contribution >= 0.6 is 11.8 Å². The molecule has 0 aromatic carbocycles.